The molecule has 0 aliphatic heterocycles. The van der Waals surface area contributed by atoms with Gasteiger partial charge in [0, 0.05) is 25.1 Å². The second-order valence-corrected chi connectivity index (χ2v) is 6.05. The van der Waals surface area contributed by atoms with Crippen molar-refractivity contribution >= 4 is 6.03 Å². The largest absolute Gasteiger partial charge is 0.496 e. The number of aliphatic hydroxyl groups is 1. The highest BCUT2D eigenvalue weighted by atomic mass is 16.5. The van der Waals surface area contributed by atoms with E-state index >= 15 is 0 Å². The van der Waals surface area contributed by atoms with E-state index in [-0.39, 0.29) is 24.1 Å². The zero-order valence-corrected chi connectivity index (χ0v) is 13.6. The molecule has 0 heterocycles. The molecule has 3 atom stereocenters. The van der Waals surface area contributed by atoms with Crippen molar-refractivity contribution in [3.8, 4) is 5.75 Å². The summed E-state index contributed by atoms with van der Waals surface area (Å²) in [6.45, 7) is 2.53. The maximum absolute atomic E-state index is 12.3. The number of nitrogens with zero attached hydrogens (tertiary/aromatic N) is 1. The molecule has 1 fully saturated rings. The second kappa shape index (κ2) is 7.49. The smallest absolute Gasteiger partial charge is 0.317 e. The molecule has 2 N–H and O–H groups in total. The van der Waals surface area contributed by atoms with Gasteiger partial charge in [0.05, 0.1) is 19.3 Å². The third-order valence-corrected chi connectivity index (χ3v) is 4.42. The number of ether oxygens (including phenoxy) is 1. The van der Waals surface area contributed by atoms with Gasteiger partial charge in [0.25, 0.3) is 0 Å². The highest BCUT2D eigenvalue weighted by molar-refractivity contribution is 5.74. The van der Waals surface area contributed by atoms with E-state index in [1.54, 1.807) is 19.1 Å². The lowest BCUT2D eigenvalue weighted by molar-refractivity contribution is 0.113. The van der Waals surface area contributed by atoms with Gasteiger partial charge in [-0.2, -0.15) is 0 Å². The fourth-order valence-electron chi connectivity index (χ4n) is 3.06. The van der Waals surface area contributed by atoms with E-state index in [4.69, 9.17) is 4.74 Å². The predicted octanol–water partition coefficient (Wildman–Crippen LogP) is 2.56. The summed E-state index contributed by atoms with van der Waals surface area (Å²) in [7, 11) is 3.40. The van der Waals surface area contributed by atoms with E-state index in [0.717, 1.165) is 30.6 Å². The summed E-state index contributed by atoms with van der Waals surface area (Å²) in [5.74, 6) is 0.960. The number of benzene rings is 1. The van der Waals surface area contributed by atoms with Gasteiger partial charge in [-0.25, -0.2) is 4.79 Å². The Labute approximate surface area is 132 Å². The van der Waals surface area contributed by atoms with Crippen LogP contribution in [0, 0.1) is 5.92 Å². The highest BCUT2D eigenvalue weighted by Gasteiger charge is 2.27. The van der Waals surface area contributed by atoms with Gasteiger partial charge >= 0.3 is 6.03 Å². The number of carbonyl (C=O) groups excluding carboxylic acids is 1. The first-order chi connectivity index (χ1) is 10.5. The molecule has 2 amide bonds. The van der Waals surface area contributed by atoms with Gasteiger partial charge in [-0.3, -0.25) is 0 Å². The molecule has 5 heteroatoms. The van der Waals surface area contributed by atoms with E-state index < -0.39 is 0 Å². The van der Waals surface area contributed by atoms with Crippen molar-refractivity contribution in [1.29, 1.82) is 0 Å². The van der Waals surface area contributed by atoms with Crippen molar-refractivity contribution in [1.82, 2.24) is 10.2 Å². The van der Waals surface area contributed by atoms with Crippen molar-refractivity contribution in [2.24, 2.45) is 5.92 Å². The van der Waals surface area contributed by atoms with Gasteiger partial charge < -0.3 is 20.1 Å². The number of amides is 2. The standard InChI is InChI=1S/C17H26N2O3/c1-12(14-8-4-5-10-16(14)22-3)18-17(21)19(2)11-13-7-6-9-15(13)20/h4-5,8,10,12-13,15,20H,6-7,9,11H2,1-3H3,(H,18,21). The third-order valence-electron chi connectivity index (χ3n) is 4.42. The minimum absolute atomic E-state index is 0.127. The molecule has 3 unspecified atom stereocenters. The monoisotopic (exact) mass is 306 g/mol. The quantitative estimate of drug-likeness (QED) is 0.879. The Hall–Kier alpha value is -1.75. The summed E-state index contributed by atoms with van der Waals surface area (Å²) < 4.78 is 5.33. The lowest BCUT2D eigenvalue weighted by Crippen LogP contribution is -2.42. The van der Waals surface area contributed by atoms with E-state index in [2.05, 4.69) is 5.32 Å². The van der Waals surface area contributed by atoms with Gasteiger partial charge in [-0.05, 0) is 25.8 Å². The summed E-state index contributed by atoms with van der Waals surface area (Å²) in [5.41, 5.74) is 0.952. The van der Waals surface area contributed by atoms with Crippen molar-refractivity contribution in [2.75, 3.05) is 20.7 Å². The molecule has 22 heavy (non-hydrogen) atoms. The number of hydrogen-bond donors (Lipinski definition) is 2. The van der Waals surface area contributed by atoms with Crippen LogP contribution < -0.4 is 10.1 Å². The van der Waals surface area contributed by atoms with E-state index in [9.17, 15) is 9.90 Å². The Balaban J connectivity index is 1.92. The lowest BCUT2D eigenvalue weighted by Gasteiger charge is -2.26. The number of methoxy groups -OCH3 is 1. The molecule has 2 rings (SSSR count). The van der Waals surface area contributed by atoms with E-state index in [1.807, 2.05) is 31.2 Å². The van der Waals surface area contributed by atoms with Crippen LogP contribution in [0.5, 0.6) is 5.75 Å². The summed E-state index contributed by atoms with van der Waals surface area (Å²) in [6, 6.07) is 7.40. The Bertz CT molecular complexity index is 506. The number of carbonyl (C=O) groups is 1. The molecule has 1 aliphatic rings. The lowest BCUT2D eigenvalue weighted by atomic mass is 10.1. The summed E-state index contributed by atoms with van der Waals surface area (Å²) in [5, 5.41) is 12.9. The average molecular weight is 306 g/mol. The first-order valence-corrected chi connectivity index (χ1v) is 7.85. The van der Waals surface area contributed by atoms with Crippen LogP contribution in [0.4, 0.5) is 4.79 Å². The van der Waals surface area contributed by atoms with E-state index in [0.29, 0.717) is 6.54 Å². The fraction of sp³-hybridized carbons (Fsp3) is 0.588. The molecule has 1 aromatic rings. The van der Waals surface area contributed by atoms with Gasteiger partial charge in [0.2, 0.25) is 0 Å². The maximum atomic E-state index is 12.3. The normalized spacial score (nSPS) is 22.2. The molecule has 0 radical (unpaired) electrons. The first-order valence-electron chi connectivity index (χ1n) is 7.85. The highest BCUT2D eigenvalue weighted by Crippen LogP contribution is 2.27. The van der Waals surface area contributed by atoms with Crippen LogP contribution in [0.3, 0.4) is 0 Å². The number of aliphatic hydroxyl groups excluding tert-OH is 1. The maximum Gasteiger partial charge on any atom is 0.317 e. The number of hydrogen-bond acceptors (Lipinski definition) is 3. The minimum atomic E-state index is -0.276. The van der Waals surface area contributed by atoms with Crippen molar-refractivity contribution in [3.63, 3.8) is 0 Å². The zero-order chi connectivity index (χ0) is 16.1. The summed E-state index contributed by atoms with van der Waals surface area (Å²) in [4.78, 5) is 14.0. The molecule has 122 valence electrons. The summed E-state index contributed by atoms with van der Waals surface area (Å²) in [6.07, 6.45) is 2.60. The number of rotatable bonds is 5. The molecular weight excluding hydrogens is 280 g/mol. The second-order valence-electron chi connectivity index (χ2n) is 6.05. The molecule has 1 aromatic carbocycles. The molecule has 0 spiro atoms. The van der Waals surface area contributed by atoms with Crippen molar-refractivity contribution in [2.45, 2.75) is 38.3 Å². The molecule has 0 bridgehead atoms. The van der Waals surface area contributed by atoms with Crippen LogP contribution in [-0.2, 0) is 0 Å². The van der Waals surface area contributed by atoms with Crippen LogP contribution in [0.2, 0.25) is 0 Å². The van der Waals surface area contributed by atoms with Gasteiger partial charge in [-0.15, -0.1) is 0 Å². The summed E-state index contributed by atoms with van der Waals surface area (Å²) >= 11 is 0. The van der Waals surface area contributed by atoms with Gasteiger partial charge in [0.15, 0.2) is 0 Å². The van der Waals surface area contributed by atoms with E-state index in [1.165, 1.54) is 0 Å². The van der Waals surface area contributed by atoms with Crippen LogP contribution in [0.25, 0.3) is 0 Å². The number of nitrogens with one attached hydrogen (secondary N) is 1. The first kappa shape index (κ1) is 16.6. The average Bonchev–Trinajstić information content (AvgIpc) is 2.92. The molecule has 1 saturated carbocycles. The van der Waals surface area contributed by atoms with Crippen LogP contribution in [-0.4, -0.2) is 42.8 Å². The number of para-hydroxylation sites is 1. The van der Waals surface area contributed by atoms with Crippen LogP contribution in [0.15, 0.2) is 24.3 Å². The fourth-order valence-corrected chi connectivity index (χ4v) is 3.06. The van der Waals surface area contributed by atoms with Gasteiger partial charge in [-0.1, -0.05) is 24.6 Å². The molecular formula is C17H26N2O3. The molecule has 0 saturated heterocycles. The molecule has 0 aromatic heterocycles. The van der Waals surface area contributed by atoms with Crippen molar-refractivity contribution in [3.05, 3.63) is 29.8 Å². The molecule has 5 nitrogen and oxygen atoms in total. The number of urea groups is 1. The Morgan fingerprint density at radius 2 is 2.18 bits per heavy atom. The van der Waals surface area contributed by atoms with Crippen molar-refractivity contribution < 1.29 is 14.6 Å². The Morgan fingerprint density at radius 3 is 2.82 bits per heavy atom. The van der Waals surface area contributed by atoms with Crippen LogP contribution in [0.1, 0.15) is 37.8 Å². The zero-order valence-electron chi connectivity index (χ0n) is 13.6. The van der Waals surface area contributed by atoms with Crippen LogP contribution >= 0.6 is 0 Å². The third kappa shape index (κ3) is 3.91. The predicted molar refractivity (Wildman–Crippen MR) is 85.9 cm³/mol. The van der Waals surface area contributed by atoms with Gasteiger partial charge in [0.1, 0.15) is 5.75 Å². The topological polar surface area (TPSA) is 61.8 Å². The molecule has 1 aliphatic carbocycles. The Morgan fingerprint density at radius 1 is 1.45 bits per heavy atom. The minimum Gasteiger partial charge on any atom is -0.496 e. The Kier molecular flexibility index (Phi) is 5.66. The SMILES string of the molecule is COc1ccccc1C(C)NC(=O)N(C)CC1CCCC1O.